The summed E-state index contributed by atoms with van der Waals surface area (Å²) in [6.45, 7) is 10.3. The minimum absolute atomic E-state index is 0.423. The predicted molar refractivity (Wildman–Crippen MR) is 75.9 cm³/mol. The third kappa shape index (κ3) is 4.22. The maximum atomic E-state index is 5.76. The average molecular weight is 254 g/mol. The quantitative estimate of drug-likeness (QED) is 0.814. The second-order valence-electron chi connectivity index (χ2n) is 6.04. The lowest BCUT2D eigenvalue weighted by molar-refractivity contribution is -0.0564. The van der Waals surface area contributed by atoms with E-state index in [1.54, 1.807) is 0 Å². The summed E-state index contributed by atoms with van der Waals surface area (Å²) in [5, 5.41) is 3.45. The van der Waals surface area contributed by atoms with Crippen LogP contribution in [0.4, 0.5) is 0 Å². The second kappa shape index (κ2) is 7.46. The number of piperidine rings is 1. The molecule has 0 saturated carbocycles. The Bertz CT molecular complexity index is 229. The highest BCUT2D eigenvalue weighted by molar-refractivity contribution is 4.78. The SMILES string of the molecule is CCC1COC(C)CN1CCCC1CCNCC1. The van der Waals surface area contributed by atoms with Crippen molar-refractivity contribution < 1.29 is 4.74 Å². The topological polar surface area (TPSA) is 24.5 Å². The molecule has 2 unspecified atom stereocenters. The largest absolute Gasteiger partial charge is 0.376 e. The molecule has 0 bridgehead atoms. The lowest BCUT2D eigenvalue weighted by Crippen LogP contribution is -2.48. The van der Waals surface area contributed by atoms with E-state index in [-0.39, 0.29) is 0 Å². The summed E-state index contributed by atoms with van der Waals surface area (Å²) in [4.78, 5) is 2.66. The highest BCUT2D eigenvalue weighted by Gasteiger charge is 2.25. The number of hydrogen-bond donors (Lipinski definition) is 1. The van der Waals surface area contributed by atoms with Gasteiger partial charge in [-0.2, -0.15) is 0 Å². The molecule has 1 N–H and O–H groups in total. The van der Waals surface area contributed by atoms with Gasteiger partial charge in [-0.05, 0) is 64.6 Å². The Morgan fingerprint density at radius 1 is 1.28 bits per heavy atom. The van der Waals surface area contributed by atoms with Crippen molar-refractivity contribution in [3.63, 3.8) is 0 Å². The van der Waals surface area contributed by atoms with Gasteiger partial charge in [0.25, 0.3) is 0 Å². The number of rotatable bonds is 5. The van der Waals surface area contributed by atoms with Gasteiger partial charge < -0.3 is 10.1 Å². The monoisotopic (exact) mass is 254 g/mol. The molecule has 0 amide bonds. The van der Waals surface area contributed by atoms with E-state index >= 15 is 0 Å². The van der Waals surface area contributed by atoms with Crippen LogP contribution in [0.25, 0.3) is 0 Å². The molecule has 2 atom stereocenters. The molecule has 2 saturated heterocycles. The molecule has 2 fully saturated rings. The fourth-order valence-electron chi connectivity index (χ4n) is 3.32. The number of nitrogens with zero attached hydrogens (tertiary/aromatic N) is 1. The number of ether oxygens (including phenoxy) is 1. The number of nitrogens with one attached hydrogen (secondary N) is 1. The Morgan fingerprint density at radius 3 is 2.78 bits per heavy atom. The van der Waals surface area contributed by atoms with Gasteiger partial charge >= 0.3 is 0 Å². The van der Waals surface area contributed by atoms with Crippen LogP contribution in [-0.2, 0) is 4.74 Å². The van der Waals surface area contributed by atoms with Gasteiger partial charge in [0.15, 0.2) is 0 Å². The van der Waals surface area contributed by atoms with Gasteiger partial charge in [0, 0.05) is 12.6 Å². The molecule has 3 nitrogen and oxygen atoms in total. The molecule has 3 heteroatoms. The standard InChI is InChI=1S/C15H30N2O/c1-3-15-12-18-13(2)11-17(15)10-4-5-14-6-8-16-9-7-14/h13-16H,3-12H2,1-2H3. The maximum absolute atomic E-state index is 5.76. The molecule has 0 aromatic heterocycles. The van der Waals surface area contributed by atoms with Crippen LogP contribution in [-0.4, -0.2) is 49.8 Å². The molecule has 106 valence electrons. The summed E-state index contributed by atoms with van der Waals surface area (Å²) in [5.41, 5.74) is 0. The lowest BCUT2D eigenvalue weighted by atomic mass is 9.93. The van der Waals surface area contributed by atoms with Crippen molar-refractivity contribution in [1.29, 1.82) is 0 Å². The van der Waals surface area contributed by atoms with Crippen LogP contribution in [0.15, 0.2) is 0 Å². The third-order valence-corrected chi connectivity index (χ3v) is 4.57. The zero-order chi connectivity index (χ0) is 12.8. The maximum Gasteiger partial charge on any atom is 0.0674 e. The van der Waals surface area contributed by atoms with Gasteiger partial charge in [-0.1, -0.05) is 6.92 Å². The second-order valence-corrected chi connectivity index (χ2v) is 6.04. The van der Waals surface area contributed by atoms with Crippen molar-refractivity contribution in [3.05, 3.63) is 0 Å². The minimum atomic E-state index is 0.423. The smallest absolute Gasteiger partial charge is 0.0674 e. The molecule has 0 aromatic rings. The fraction of sp³-hybridized carbons (Fsp3) is 1.00. The molecule has 2 rings (SSSR count). The van der Waals surface area contributed by atoms with Crippen molar-refractivity contribution in [2.45, 2.75) is 58.1 Å². The molecular formula is C15H30N2O. The van der Waals surface area contributed by atoms with E-state index in [1.807, 2.05) is 0 Å². The predicted octanol–water partition coefficient (Wildman–Crippen LogP) is 2.27. The summed E-state index contributed by atoms with van der Waals surface area (Å²) in [7, 11) is 0. The third-order valence-electron chi connectivity index (χ3n) is 4.57. The molecule has 18 heavy (non-hydrogen) atoms. The molecule has 2 heterocycles. The van der Waals surface area contributed by atoms with Gasteiger partial charge in [0.2, 0.25) is 0 Å². The molecule has 2 aliphatic rings. The van der Waals surface area contributed by atoms with Gasteiger partial charge in [0.1, 0.15) is 0 Å². The zero-order valence-electron chi connectivity index (χ0n) is 12.2. The van der Waals surface area contributed by atoms with Crippen molar-refractivity contribution in [2.24, 2.45) is 5.92 Å². The van der Waals surface area contributed by atoms with Crippen LogP contribution in [0, 0.1) is 5.92 Å². The molecular weight excluding hydrogens is 224 g/mol. The van der Waals surface area contributed by atoms with E-state index in [1.165, 1.54) is 51.7 Å². The van der Waals surface area contributed by atoms with Crippen LogP contribution >= 0.6 is 0 Å². The highest BCUT2D eigenvalue weighted by Crippen LogP contribution is 2.20. The zero-order valence-corrected chi connectivity index (χ0v) is 12.2. The molecule has 0 aliphatic carbocycles. The summed E-state index contributed by atoms with van der Waals surface area (Å²) in [5.74, 6) is 0.977. The fourth-order valence-corrected chi connectivity index (χ4v) is 3.32. The van der Waals surface area contributed by atoms with Crippen molar-refractivity contribution in [1.82, 2.24) is 10.2 Å². The molecule has 0 aromatic carbocycles. The Balaban J connectivity index is 1.67. The van der Waals surface area contributed by atoms with Crippen molar-refractivity contribution in [2.75, 3.05) is 32.8 Å². The Labute approximate surface area is 112 Å². The van der Waals surface area contributed by atoms with E-state index < -0.39 is 0 Å². The molecule has 0 radical (unpaired) electrons. The van der Waals surface area contributed by atoms with Gasteiger partial charge in [-0.3, -0.25) is 4.90 Å². The normalized spacial score (nSPS) is 31.7. The number of hydrogen-bond acceptors (Lipinski definition) is 3. The van der Waals surface area contributed by atoms with Crippen molar-refractivity contribution in [3.8, 4) is 0 Å². The Kier molecular flexibility index (Phi) is 5.93. The summed E-state index contributed by atoms with van der Waals surface area (Å²) in [6, 6.07) is 0.661. The van der Waals surface area contributed by atoms with E-state index in [9.17, 15) is 0 Å². The Morgan fingerprint density at radius 2 is 2.06 bits per heavy atom. The van der Waals surface area contributed by atoms with Crippen LogP contribution in [0.1, 0.15) is 46.0 Å². The first-order valence-corrected chi connectivity index (χ1v) is 7.86. The number of morpholine rings is 1. The van der Waals surface area contributed by atoms with E-state index in [0.717, 1.165) is 19.1 Å². The first kappa shape index (κ1) is 14.3. The molecule has 0 spiro atoms. The van der Waals surface area contributed by atoms with Crippen LogP contribution < -0.4 is 5.32 Å². The van der Waals surface area contributed by atoms with E-state index in [0.29, 0.717) is 12.1 Å². The Hall–Kier alpha value is -0.120. The van der Waals surface area contributed by atoms with Gasteiger partial charge in [-0.25, -0.2) is 0 Å². The molecule has 2 aliphatic heterocycles. The first-order chi connectivity index (χ1) is 8.79. The van der Waals surface area contributed by atoms with E-state index in [4.69, 9.17) is 4.74 Å². The van der Waals surface area contributed by atoms with Crippen LogP contribution in [0.5, 0.6) is 0 Å². The highest BCUT2D eigenvalue weighted by atomic mass is 16.5. The summed E-state index contributed by atoms with van der Waals surface area (Å²) >= 11 is 0. The first-order valence-electron chi connectivity index (χ1n) is 7.86. The minimum Gasteiger partial charge on any atom is -0.376 e. The van der Waals surface area contributed by atoms with Gasteiger partial charge in [-0.15, -0.1) is 0 Å². The summed E-state index contributed by atoms with van der Waals surface area (Å²) < 4.78 is 5.76. The average Bonchev–Trinajstić information content (AvgIpc) is 2.40. The van der Waals surface area contributed by atoms with Crippen LogP contribution in [0.3, 0.4) is 0 Å². The van der Waals surface area contributed by atoms with Gasteiger partial charge in [0.05, 0.1) is 12.7 Å². The van der Waals surface area contributed by atoms with Crippen LogP contribution in [0.2, 0.25) is 0 Å². The lowest BCUT2D eigenvalue weighted by Gasteiger charge is -2.38. The summed E-state index contributed by atoms with van der Waals surface area (Å²) in [6.07, 6.45) is 7.21. The van der Waals surface area contributed by atoms with E-state index in [2.05, 4.69) is 24.1 Å². The van der Waals surface area contributed by atoms with Crippen molar-refractivity contribution >= 4 is 0 Å².